The minimum absolute atomic E-state index is 0.302. The van der Waals surface area contributed by atoms with Crippen molar-refractivity contribution in [2.45, 2.75) is 24.0 Å². The van der Waals surface area contributed by atoms with Crippen molar-refractivity contribution in [1.29, 1.82) is 0 Å². The van der Waals surface area contributed by atoms with Crippen molar-refractivity contribution in [3.63, 3.8) is 0 Å². The highest BCUT2D eigenvalue weighted by molar-refractivity contribution is 8.01. The lowest BCUT2D eigenvalue weighted by atomic mass is 10.2. The van der Waals surface area contributed by atoms with Gasteiger partial charge < -0.3 is 14.6 Å². The largest absolute Gasteiger partial charge is 0.497 e. The Labute approximate surface area is 132 Å². The fourth-order valence-corrected chi connectivity index (χ4v) is 3.33. The van der Waals surface area contributed by atoms with Gasteiger partial charge >= 0.3 is 0 Å². The van der Waals surface area contributed by atoms with Crippen LogP contribution in [0.1, 0.15) is 10.6 Å². The number of thioether (sulfide) groups is 1. The number of ether oxygens (including phenoxy) is 2. The lowest BCUT2D eigenvalue weighted by Crippen LogP contribution is -2.17. The number of hydrogen-bond donors (Lipinski definition) is 1. The Balaban J connectivity index is 1.65. The highest BCUT2D eigenvalue weighted by Crippen LogP contribution is 2.22. The van der Waals surface area contributed by atoms with Gasteiger partial charge in [-0.1, -0.05) is 35.2 Å². The van der Waals surface area contributed by atoms with E-state index < -0.39 is 6.10 Å². The summed E-state index contributed by atoms with van der Waals surface area (Å²) in [6, 6.07) is 7.68. The molecule has 0 saturated carbocycles. The van der Waals surface area contributed by atoms with Crippen LogP contribution in [0.5, 0.6) is 5.75 Å². The number of hydrogen-bond acceptors (Lipinski definition) is 7. The maximum absolute atomic E-state index is 9.87. The van der Waals surface area contributed by atoms with Gasteiger partial charge in [-0.3, -0.25) is 0 Å². The Morgan fingerprint density at radius 3 is 2.67 bits per heavy atom. The third-order valence-corrected chi connectivity index (χ3v) is 4.76. The number of benzene rings is 1. The second-order valence-electron chi connectivity index (χ2n) is 4.42. The Kier molecular flexibility index (Phi) is 6.44. The van der Waals surface area contributed by atoms with Crippen molar-refractivity contribution in [3.8, 4) is 5.75 Å². The van der Waals surface area contributed by atoms with Crippen LogP contribution in [0.15, 0.2) is 28.6 Å². The molecule has 21 heavy (non-hydrogen) atoms. The molecule has 0 radical (unpaired) electrons. The number of aliphatic hydroxyl groups excluding tert-OH is 1. The first kappa shape index (κ1) is 16.2. The van der Waals surface area contributed by atoms with Gasteiger partial charge in [-0.05, 0) is 24.6 Å². The van der Waals surface area contributed by atoms with Crippen LogP contribution in [0.3, 0.4) is 0 Å². The minimum atomic E-state index is -0.516. The number of nitrogens with zero attached hydrogens (tertiary/aromatic N) is 2. The van der Waals surface area contributed by atoms with Crippen LogP contribution >= 0.6 is 23.1 Å². The van der Waals surface area contributed by atoms with E-state index in [1.165, 1.54) is 23.1 Å². The van der Waals surface area contributed by atoms with E-state index in [0.29, 0.717) is 19.0 Å². The summed E-state index contributed by atoms with van der Waals surface area (Å²) in [5.74, 6) is 1.37. The Morgan fingerprint density at radius 1 is 1.29 bits per heavy atom. The third kappa shape index (κ3) is 5.62. The van der Waals surface area contributed by atoms with Gasteiger partial charge in [0.05, 0.1) is 26.4 Å². The molecule has 1 aromatic heterocycles. The van der Waals surface area contributed by atoms with Gasteiger partial charge in [0.15, 0.2) is 4.34 Å². The van der Waals surface area contributed by atoms with E-state index in [1.807, 2.05) is 31.2 Å². The van der Waals surface area contributed by atoms with Crippen molar-refractivity contribution in [1.82, 2.24) is 10.2 Å². The Morgan fingerprint density at radius 2 is 2.05 bits per heavy atom. The van der Waals surface area contributed by atoms with E-state index in [-0.39, 0.29) is 0 Å². The summed E-state index contributed by atoms with van der Waals surface area (Å²) < 4.78 is 11.5. The molecular weight excluding hydrogens is 308 g/mol. The Hall–Kier alpha value is -1.15. The fourth-order valence-electron chi connectivity index (χ4n) is 1.59. The van der Waals surface area contributed by atoms with Crippen molar-refractivity contribution in [2.24, 2.45) is 0 Å². The standard InChI is InChI=1S/C14H18N2O3S2/c1-10-15-16-14(21-10)20-9-12(17)8-19-7-11-3-5-13(18-2)6-4-11/h3-6,12,17H,7-9H2,1-2H3. The van der Waals surface area contributed by atoms with Gasteiger partial charge in [-0.2, -0.15) is 0 Å². The van der Waals surface area contributed by atoms with Crippen LogP contribution in [-0.4, -0.2) is 40.9 Å². The van der Waals surface area contributed by atoms with Crippen LogP contribution in [0.25, 0.3) is 0 Å². The smallest absolute Gasteiger partial charge is 0.174 e. The van der Waals surface area contributed by atoms with Gasteiger partial charge in [0.25, 0.3) is 0 Å². The minimum Gasteiger partial charge on any atom is -0.497 e. The molecule has 1 unspecified atom stereocenters. The molecule has 114 valence electrons. The van der Waals surface area contributed by atoms with Gasteiger partial charge in [0, 0.05) is 5.75 Å². The number of aryl methyl sites for hydroxylation is 1. The molecule has 0 aliphatic carbocycles. The number of rotatable bonds is 8. The Bertz CT molecular complexity index is 545. The summed E-state index contributed by atoms with van der Waals surface area (Å²) in [5, 5.41) is 18.7. The molecular formula is C14H18N2O3S2. The summed E-state index contributed by atoms with van der Waals surface area (Å²) in [4.78, 5) is 0. The van der Waals surface area contributed by atoms with Gasteiger partial charge in [-0.15, -0.1) is 10.2 Å². The molecule has 7 heteroatoms. The predicted molar refractivity (Wildman–Crippen MR) is 84.0 cm³/mol. The quantitative estimate of drug-likeness (QED) is 0.752. The third-order valence-electron chi connectivity index (χ3n) is 2.64. The topological polar surface area (TPSA) is 64.5 Å². The van der Waals surface area contributed by atoms with Crippen molar-refractivity contribution >= 4 is 23.1 Å². The lowest BCUT2D eigenvalue weighted by molar-refractivity contribution is 0.0398. The first-order valence-electron chi connectivity index (χ1n) is 6.49. The van der Waals surface area contributed by atoms with E-state index in [4.69, 9.17) is 9.47 Å². The zero-order valence-electron chi connectivity index (χ0n) is 12.0. The van der Waals surface area contributed by atoms with Crippen molar-refractivity contribution < 1.29 is 14.6 Å². The molecule has 0 spiro atoms. The fraction of sp³-hybridized carbons (Fsp3) is 0.429. The molecule has 1 aromatic carbocycles. The van der Waals surface area contributed by atoms with E-state index in [2.05, 4.69) is 10.2 Å². The molecule has 0 amide bonds. The SMILES string of the molecule is COc1ccc(COCC(O)CSc2nnc(C)s2)cc1. The van der Waals surface area contributed by atoms with Crippen LogP contribution in [0, 0.1) is 6.92 Å². The van der Waals surface area contributed by atoms with Crippen LogP contribution < -0.4 is 4.74 Å². The van der Waals surface area contributed by atoms with Crippen molar-refractivity contribution in [3.05, 3.63) is 34.8 Å². The maximum Gasteiger partial charge on any atom is 0.174 e. The zero-order valence-corrected chi connectivity index (χ0v) is 13.6. The molecule has 0 aliphatic rings. The van der Waals surface area contributed by atoms with E-state index in [0.717, 1.165) is 20.7 Å². The first-order valence-corrected chi connectivity index (χ1v) is 8.29. The molecule has 0 bridgehead atoms. The first-order chi connectivity index (χ1) is 10.2. The monoisotopic (exact) mass is 326 g/mol. The summed E-state index contributed by atoms with van der Waals surface area (Å²) in [6.07, 6.45) is -0.516. The van der Waals surface area contributed by atoms with Crippen LogP contribution in [0.2, 0.25) is 0 Å². The van der Waals surface area contributed by atoms with Gasteiger partial charge in [0.1, 0.15) is 10.8 Å². The summed E-state index contributed by atoms with van der Waals surface area (Å²) in [6.45, 7) is 2.69. The number of aromatic nitrogens is 2. The molecule has 2 rings (SSSR count). The molecule has 1 heterocycles. The van der Waals surface area contributed by atoms with Crippen LogP contribution in [0.4, 0.5) is 0 Å². The van der Waals surface area contributed by atoms with Crippen LogP contribution in [-0.2, 0) is 11.3 Å². The molecule has 1 N–H and O–H groups in total. The molecule has 5 nitrogen and oxygen atoms in total. The molecule has 0 saturated heterocycles. The second kappa shape index (κ2) is 8.33. The molecule has 1 atom stereocenters. The second-order valence-corrected chi connectivity index (χ2v) is 6.86. The summed E-state index contributed by atoms with van der Waals surface area (Å²) in [7, 11) is 1.64. The van der Waals surface area contributed by atoms with Crippen molar-refractivity contribution in [2.75, 3.05) is 19.5 Å². The van der Waals surface area contributed by atoms with Gasteiger partial charge in [-0.25, -0.2) is 0 Å². The zero-order chi connectivity index (χ0) is 15.1. The molecule has 0 fully saturated rings. The highest BCUT2D eigenvalue weighted by atomic mass is 32.2. The lowest BCUT2D eigenvalue weighted by Gasteiger charge is -2.10. The molecule has 0 aliphatic heterocycles. The average molecular weight is 326 g/mol. The van der Waals surface area contributed by atoms with E-state index in [1.54, 1.807) is 7.11 Å². The number of aliphatic hydroxyl groups is 1. The maximum atomic E-state index is 9.87. The normalized spacial score (nSPS) is 12.3. The van der Waals surface area contributed by atoms with E-state index >= 15 is 0 Å². The predicted octanol–water partition coefficient (Wildman–Crippen LogP) is 2.52. The highest BCUT2D eigenvalue weighted by Gasteiger charge is 2.08. The summed E-state index contributed by atoms with van der Waals surface area (Å²) in [5.41, 5.74) is 1.05. The van der Waals surface area contributed by atoms with Gasteiger partial charge in [0.2, 0.25) is 0 Å². The van der Waals surface area contributed by atoms with E-state index in [9.17, 15) is 5.11 Å². The summed E-state index contributed by atoms with van der Waals surface area (Å²) >= 11 is 3.03. The molecule has 2 aromatic rings. The number of methoxy groups -OCH3 is 1. The average Bonchev–Trinajstić information content (AvgIpc) is 2.91.